The molecule has 1 fully saturated rings. The van der Waals surface area contributed by atoms with E-state index in [2.05, 4.69) is 27.7 Å². The first-order chi connectivity index (χ1) is 9.46. The first kappa shape index (κ1) is 13.9. The van der Waals surface area contributed by atoms with Crippen molar-refractivity contribution in [2.75, 3.05) is 17.2 Å². The summed E-state index contributed by atoms with van der Waals surface area (Å²) in [6.45, 7) is 0. The molecule has 2 aromatic rings. The van der Waals surface area contributed by atoms with E-state index < -0.39 is 9.84 Å². The maximum absolute atomic E-state index is 11.6. The summed E-state index contributed by atoms with van der Waals surface area (Å²) in [5.41, 5.74) is 7.80. The summed E-state index contributed by atoms with van der Waals surface area (Å²) in [6, 6.07) is 9.57. The molecule has 0 spiro atoms. The van der Waals surface area contributed by atoms with Gasteiger partial charge in [0.1, 0.15) is 5.82 Å². The topological polar surface area (TPSA) is 78.0 Å². The van der Waals surface area contributed by atoms with Gasteiger partial charge in [0.25, 0.3) is 0 Å². The molecule has 3 rings (SSSR count). The molecule has 106 valence electrons. The molecule has 20 heavy (non-hydrogen) atoms. The normalized spacial score (nSPS) is 21.1. The van der Waals surface area contributed by atoms with Crippen LogP contribution in [0.2, 0.25) is 0 Å². The number of nitrogens with two attached hydrogens (primary N) is 1. The van der Waals surface area contributed by atoms with Crippen LogP contribution in [0.4, 0.5) is 5.82 Å². The largest absolute Gasteiger partial charge is 0.384 e. The second-order valence-electron chi connectivity index (χ2n) is 4.94. The van der Waals surface area contributed by atoms with Gasteiger partial charge in [-0.1, -0.05) is 18.2 Å². The molecule has 1 aromatic carbocycles. The predicted octanol–water partition coefficient (Wildman–Crippen LogP) is 2.10. The van der Waals surface area contributed by atoms with E-state index in [1.165, 1.54) is 0 Å². The minimum Gasteiger partial charge on any atom is -0.384 e. The first-order valence-electron chi connectivity index (χ1n) is 6.26. The highest BCUT2D eigenvalue weighted by atomic mass is 127. The highest BCUT2D eigenvalue weighted by Crippen LogP contribution is 2.30. The summed E-state index contributed by atoms with van der Waals surface area (Å²) in [5, 5.41) is 4.51. The van der Waals surface area contributed by atoms with Crippen molar-refractivity contribution in [3.8, 4) is 11.3 Å². The van der Waals surface area contributed by atoms with E-state index in [9.17, 15) is 8.42 Å². The molecule has 0 amide bonds. The van der Waals surface area contributed by atoms with Crippen molar-refractivity contribution in [1.29, 1.82) is 0 Å². The van der Waals surface area contributed by atoms with Crippen LogP contribution in [-0.2, 0) is 9.84 Å². The summed E-state index contributed by atoms with van der Waals surface area (Å²) in [6.07, 6.45) is 0.583. The number of benzene rings is 1. The van der Waals surface area contributed by atoms with Gasteiger partial charge in [-0.15, -0.1) is 0 Å². The summed E-state index contributed by atoms with van der Waals surface area (Å²) >= 11 is 2.25. The molecule has 1 aromatic heterocycles. The monoisotopic (exact) mass is 403 g/mol. The van der Waals surface area contributed by atoms with Crippen LogP contribution < -0.4 is 5.73 Å². The summed E-state index contributed by atoms with van der Waals surface area (Å²) in [7, 11) is -2.94. The second-order valence-corrected chi connectivity index (χ2v) is 8.33. The van der Waals surface area contributed by atoms with Crippen molar-refractivity contribution in [2.24, 2.45) is 0 Å². The van der Waals surface area contributed by atoms with Gasteiger partial charge in [0.05, 0.1) is 23.2 Å². The Kier molecular flexibility index (Phi) is 3.49. The Morgan fingerprint density at radius 2 is 2.10 bits per heavy atom. The molecule has 2 heterocycles. The smallest absolute Gasteiger partial charge is 0.152 e. The minimum absolute atomic E-state index is 0.129. The Morgan fingerprint density at radius 1 is 1.35 bits per heavy atom. The zero-order chi connectivity index (χ0) is 14.3. The lowest BCUT2D eigenvalue weighted by Crippen LogP contribution is -2.14. The molecular formula is C13H14IN3O2S. The van der Waals surface area contributed by atoms with Crippen molar-refractivity contribution in [2.45, 2.75) is 12.5 Å². The Morgan fingerprint density at radius 3 is 2.75 bits per heavy atom. The second kappa shape index (κ2) is 5.03. The molecular weight excluding hydrogens is 389 g/mol. The summed E-state index contributed by atoms with van der Waals surface area (Å²) < 4.78 is 25.9. The molecule has 5 nitrogen and oxygen atoms in total. The fourth-order valence-corrected chi connectivity index (χ4v) is 4.83. The number of hydrogen-bond acceptors (Lipinski definition) is 4. The van der Waals surface area contributed by atoms with Crippen LogP contribution in [0.3, 0.4) is 0 Å². The van der Waals surface area contributed by atoms with Crippen molar-refractivity contribution >= 4 is 38.2 Å². The fourth-order valence-electron chi connectivity index (χ4n) is 2.47. The molecule has 1 saturated heterocycles. The van der Waals surface area contributed by atoms with Crippen LogP contribution in [-0.4, -0.2) is 29.7 Å². The van der Waals surface area contributed by atoms with Gasteiger partial charge in [-0.05, 0) is 35.1 Å². The Hall–Kier alpha value is -1.09. The maximum Gasteiger partial charge on any atom is 0.152 e. The SMILES string of the molecule is Nc1cc(-c2ccccc2I)nn1C1CCS(=O)(=O)C1. The Labute approximate surface area is 131 Å². The molecule has 0 aliphatic carbocycles. The van der Waals surface area contributed by atoms with Gasteiger partial charge >= 0.3 is 0 Å². The van der Waals surface area contributed by atoms with Crippen LogP contribution in [0, 0.1) is 3.57 Å². The van der Waals surface area contributed by atoms with E-state index in [1.54, 1.807) is 4.68 Å². The molecule has 1 atom stereocenters. The number of rotatable bonds is 2. The van der Waals surface area contributed by atoms with Gasteiger partial charge in [-0.3, -0.25) is 0 Å². The van der Waals surface area contributed by atoms with Crippen molar-refractivity contribution in [1.82, 2.24) is 9.78 Å². The maximum atomic E-state index is 11.6. The summed E-state index contributed by atoms with van der Waals surface area (Å²) in [4.78, 5) is 0. The summed E-state index contributed by atoms with van der Waals surface area (Å²) in [5.74, 6) is 0.862. The number of nitrogen functional groups attached to an aromatic ring is 1. The molecule has 1 aliphatic heterocycles. The van der Waals surface area contributed by atoms with Crippen molar-refractivity contribution in [3.05, 3.63) is 33.9 Å². The van der Waals surface area contributed by atoms with Crippen molar-refractivity contribution < 1.29 is 8.42 Å². The average Bonchev–Trinajstić information content (AvgIpc) is 2.93. The third-order valence-corrected chi connectivity index (χ3v) is 6.16. The number of halogens is 1. The molecule has 0 bridgehead atoms. The lowest BCUT2D eigenvalue weighted by atomic mass is 10.2. The lowest BCUT2D eigenvalue weighted by Gasteiger charge is -2.10. The highest BCUT2D eigenvalue weighted by molar-refractivity contribution is 14.1. The quantitative estimate of drug-likeness (QED) is 0.780. The third-order valence-electron chi connectivity index (χ3n) is 3.47. The van der Waals surface area contributed by atoms with E-state index in [4.69, 9.17) is 5.73 Å². The van der Waals surface area contributed by atoms with Gasteiger partial charge in [0.2, 0.25) is 0 Å². The fraction of sp³-hybridized carbons (Fsp3) is 0.308. The van der Waals surface area contributed by atoms with Crippen molar-refractivity contribution in [3.63, 3.8) is 0 Å². The Balaban J connectivity index is 1.98. The van der Waals surface area contributed by atoms with Crippen LogP contribution in [0.5, 0.6) is 0 Å². The van der Waals surface area contributed by atoms with E-state index in [0.717, 1.165) is 14.8 Å². The molecule has 1 unspecified atom stereocenters. The highest BCUT2D eigenvalue weighted by Gasteiger charge is 2.31. The average molecular weight is 403 g/mol. The van der Waals surface area contributed by atoms with Gasteiger partial charge < -0.3 is 5.73 Å². The first-order valence-corrected chi connectivity index (χ1v) is 9.17. The number of sulfone groups is 1. The van der Waals surface area contributed by atoms with Gasteiger partial charge in [0, 0.05) is 15.2 Å². The van der Waals surface area contributed by atoms with Gasteiger partial charge in [-0.25, -0.2) is 13.1 Å². The van der Waals surface area contributed by atoms with Gasteiger partial charge in [-0.2, -0.15) is 5.10 Å². The zero-order valence-corrected chi connectivity index (χ0v) is 13.6. The van der Waals surface area contributed by atoms with E-state index in [-0.39, 0.29) is 17.5 Å². The number of hydrogen-bond donors (Lipinski definition) is 1. The number of nitrogens with zero attached hydrogens (tertiary/aromatic N) is 2. The lowest BCUT2D eigenvalue weighted by molar-refractivity contribution is 0.508. The Bertz CT molecular complexity index is 755. The zero-order valence-electron chi connectivity index (χ0n) is 10.7. The van der Waals surface area contributed by atoms with Crippen LogP contribution in [0.1, 0.15) is 12.5 Å². The van der Waals surface area contributed by atoms with E-state index in [1.807, 2.05) is 30.3 Å². The van der Waals surface area contributed by atoms with Crippen LogP contribution >= 0.6 is 22.6 Å². The molecule has 1 aliphatic rings. The number of aromatic nitrogens is 2. The number of anilines is 1. The van der Waals surface area contributed by atoms with Crippen LogP contribution in [0.25, 0.3) is 11.3 Å². The molecule has 2 N–H and O–H groups in total. The molecule has 0 radical (unpaired) electrons. The van der Waals surface area contributed by atoms with E-state index in [0.29, 0.717) is 12.2 Å². The predicted molar refractivity (Wildman–Crippen MR) is 87.1 cm³/mol. The van der Waals surface area contributed by atoms with Gasteiger partial charge in [0.15, 0.2) is 9.84 Å². The third kappa shape index (κ3) is 2.56. The standard InChI is InChI=1S/C13H14IN3O2S/c14-11-4-2-1-3-10(11)12-7-13(15)17(16-12)9-5-6-20(18,19)8-9/h1-4,7,9H,5-6,8,15H2. The van der Waals surface area contributed by atoms with Crippen LogP contribution in [0.15, 0.2) is 30.3 Å². The minimum atomic E-state index is -2.94. The molecule has 0 saturated carbocycles. The van der Waals surface area contributed by atoms with E-state index >= 15 is 0 Å². The molecule has 7 heteroatoms.